The van der Waals surface area contributed by atoms with E-state index < -0.39 is 12.8 Å². The molecule has 9 heteroatoms. The van der Waals surface area contributed by atoms with E-state index >= 15 is 0 Å². The summed E-state index contributed by atoms with van der Waals surface area (Å²) in [5.74, 6) is -0.139. The maximum absolute atomic E-state index is 12.1. The number of hydrogen-bond donors (Lipinski definition) is 2. The van der Waals surface area contributed by atoms with Crippen LogP contribution in [0.5, 0.6) is 5.88 Å². The number of nitrogens with one attached hydrogen (secondary N) is 2. The van der Waals surface area contributed by atoms with Gasteiger partial charge in [-0.25, -0.2) is 9.78 Å². The summed E-state index contributed by atoms with van der Waals surface area (Å²) in [6.07, 6.45) is -1.19. The van der Waals surface area contributed by atoms with Gasteiger partial charge in [0.05, 0.1) is 12.1 Å². The Bertz CT molecular complexity index is 548. The van der Waals surface area contributed by atoms with Crippen molar-refractivity contribution in [1.82, 2.24) is 15.6 Å². The SMILES string of the molecule is C[C@H](NC(=O)NCc1ccnc(OCC(F)(F)F)c1)[C@H]1CCCO1. The zero-order valence-corrected chi connectivity index (χ0v) is 13.2. The smallest absolute Gasteiger partial charge is 0.422 e. The van der Waals surface area contributed by atoms with Gasteiger partial charge in [-0.05, 0) is 31.4 Å². The molecule has 2 atom stereocenters. The molecule has 2 heterocycles. The van der Waals surface area contributed by atoms with Gasteiger partial charge in [0.15, 0.2) is 6.61 Å². The Morgan fingerprint density at radius 3 is 3.00 bits per heavy atom. The van der Waals surface area contributed by atoms with Crippen LogP contribution in [0.1, 0.15) is 25.3 Å². The van der Waals surface area contributed by atoms with Crippen molar-refractivity contribution in [3.05, 3.63) is 23.9 Å². The first-order valence-corrected chi connectivity index (χ1v) is 7.64. The summed E-state index contributed by atoms with van der Waals surface area (Å²) in [5, 5.41) is 5.42. The third-order valence-electron chi connectivity index (χ3n) is 3.52. The molecule has 1 fully saturated rings. The second kappa shape index (κ2) is 8.18. The van der Waals surface area contributed by atoms with Crippen LogP contribution >= 0.6 is 0 Å². The van der Waals surface area contributed by atoms with E-state index in [1.807, 2.05) is 6.92 Å². The van der Waals surface area contributed by atoms with Crippen LogP contribution in [0.25, 0.3) is 0 Å². The molecule has 0 aliphatic carbocycles. The molecule has 0 spiro atoms. The summed E-state index contributed by atoms with van der Waals surface area (Å²) in [7, 11) is 0. The number of hydrogen-bond acceptors (Lipinski definition) is 4. The van der Waals surface area contributed by atoms with E-state index in [1.165, 1.54) is 12.3 Å². The summed E-state index contributed by atoms with van der Waals surface area (Å²) < 4.78 is 46.4. The highest BCUT2D eigenvalue weighted by atomic mass is 19.4. The predicted octanol–water partition coefficient (Wildman–Crippen LogP) is 2.39. The molecule has 1 aliphatic heterocycles. The number of ether oxygens (including phenoxy) is 2. The Labute approximate surface area is 137 Å². The van der Waals surface area contributed by atoms with Gasteiger partial charge in [0.25, 0.3) is 0 Å². The highest BCUT2D eigenvalue weighted by Gasteiger charge is 2.28. The molecular formula is C15H20F3N3O3. The van der Waals surface area contributed by atoms with Crippen molar-refractivity contribution >= 4 is 6.03 Å². The van der Waals surface area contributed by atoms with Crippen LogP contribution in [0.3, 0.4) is 0 Å². The Hall–Kier alpha value is -2.03. The fourth-order valence-corrected chi connectivity index (χ4v) is 2.33. The number of urea groups is 1. The van der Waals surface area contributed by atoms with Gasteiger partial charge in [0.2, 0.25) is 5.88 Å². The van der Waals surface area contributed by atoms with Crippen LogP contribution in [-0.2, 0) is 11.3 Å². The molecule has 2 amide bonds. The number of pyridine rings is 1. The number of carbonyl (C=O) groups excluding carboxylic acids is 1. The third kappa shape index (κ3) is 6.23. The van der Waals surface area contributed by atoms with E-state index in [9.17, 15) is 18.0 Å². The fourth-order valence-electron chi connectivity index (χ4n) is 2.33. The minimum absolute atomic E-state index is 0.0130. The maximum atomic E-state index is 12.1. The van der Waals surface area contributed by atoms with Gasteiger partial charge in [-0.3, -0.25) is 0 Å². The average Bonchev–Trinajstić information content (AvgIpc) is 3.05. The second-order valence-corrected chi connectivity index (χ2v) is 5.57. The number of alkyl halides is 3. The molecule has 134 valence electrons. The quantitative estimate of drug-likeness (QED) is 0.829. The van der Waals surface area contributed by atoms with Gasteiger partial charge < -0.3 is 20.1 Å². The lowest BCUT2D eigenvalue weighted by molar-refractivity contribution is -0.154. The van der Waals surface area contributed by atoms with Crippen molar-refractivity contribution in [3.63, 3.8) is 0 Å². The van der Waals surface area contributed by atoms with Crippen LogP contribution in [0.2, 0.25) is 0 Å². The highest BCUT2D eigenvalue weighted by Crippen LogP contribution is 2.18. The Kier molecular flexibility index (Phi) is 6.24. The number of rotatable bonds is 6. The molecule has 0 radical (unpaired) electrons. The van der Waals surface area contributed by atoms with E-state index in [2.05, 4.69) is 20.4 Å². The van der Waals surface area contributed by atoms with Crippen LogP contribution < -0.4 is 15.4 Å². The van der Waals surface area contributed by atoms with Crippen molar-refractivity contribution in [1.29, 1.82) is 0 Å². The summed E-state index contributed by atoms with van der Waals surface area (Å²) in [4.78, 5) is 15.6. The van der Waals surface area contributed by atoms with Crippen molar-refractivity contribution in [2.45, 2.75) is 44.6 Å². The molecule has 1 aromatic heterocycles. The van der Waals surface area contributed by atoms with E-state index in [-0.39, 0.29) is 30.6 Å². The molecule has 24 heavy (non-hydrogen) atoms. The highest BCUT2D eigenvalue weighted by molar-refractivity contribution is 5.74. The maximum Gasteiger partial charge on any atom is 0.422 e. The van der Waals surface area contributed by atoms with E-state index in [0.717, 1.165) is 12.8 Å². The van der Waals surface area contributed by atoms with Crippen LogP contribution in [-0.4, -0.2) is 42.6 Å². The lowest BCUT2D eigenvalue weighted by Gasteiger charge is -2.20. The van der Waals surface area contributed by atoms with Gasteiger partial charge in [-0.1, -0.05) is 0 Å². The topological polar surface area (TPSA) is 72.5 Å². The van der Waals surface area contributed by atoms with Crippen molar-refractivity contribution in [2.75, 3.05) is 13.2 Å². The number of amides is 2. The molecular weight excluding hydrogens is 327 g/mol. The lowest BCUT2D eigenvalue weighted by atomic mass is 10.1. The molecule has 2 rings (SSSR count). The molecule has 1 saturated heterocycles. The van der Waals surface area contributed by atoms with Crippen molar-refractivity contribution in [2.24, 2.45) is 0 Å². The van der Waals surface area contributed by atoms with Gasteiger partial charge in [-0.2, -0.15) is 13.2 Å². The van der Waals surface area contributed by atoms with E-state index in [0.29, 0.717) is 12.2 Å². The van der Waals surface area contributed by atoms with Crippen LogP contribution in [0, 0.1) is 0 Å². The molecule has 1 aromatic rings. The molecule has 2 N–H and O–H groups in total. The summed E-state index contributed by atoms with van der Waals surface area (Å²) >= 11 is 0. The fraction of sp³-hybridized carbons (Fsp3) is 0.600. The third-order valence-corrected chi connectivity index (χ3v) is 3.52. The summed E-state index contributed by atoms with van der Waals surface area (Å²) in [6.45, 7) is 1.31. The lowest BCUT2D eigenvalue weighted by Crippen LogP contribution is -2.45. The van der Waals surface area contributed by atoms with Crippen molar-refractivity contribution < 1.29 is 27.4 Å². The van der Waals surface area contributed by atoms with E-state index in [4.69, 9.17) is 4.74 Å². The monoisotopic (exact) mass is 347 g/mol. The van der Waals surface area contributed by atoms with Gasteiger partial charge in [-0.15, -0.1) is 0 Å². The molecule has 1 aliphatic rings. The zero-order valence-electron chi connectivity index (χ0n) is 13.2. The number of halogens is 3. The first-order valence-electron chi connectivity index (χ1n) is 7.64. The van der Waals surface area contributed by atoms with Gasteiger partial charge in [0, 0.05) is 25.4 Å². The number of nitrogens with zero attached hydrogens (tertiary/aromatic N) is 1. The molecule has 6 nitrogen and oxygen atoms in total. The second-order valence-electron chi connectivity index (χ2n) is 5.57. The molecule has 0 unspecified atom stereocenters. The molecule has 0 saturated carbocycles. The van der Waals surface area contributed by atoms with E-state index in [1.54, 1.807) is 6.07 Å². The Morgan fingerprint density at radius 1 is 1.54 bits per heavy atom. The van der Waals surface area contributed by atoms with Crippen molar-refractivity contribution in [3.8, 4) is 5.88 Å². The van der Waals surface area contributed by atoms with Crippen LogP contribution in [0.15, 0.2) is 18.3 Å². The van der Waals surface area contributed by atoms with Gasteiger partial charge >= 0.3 is 12.2 Å². The summed E-state index contributed by atoms with van der Waals surface area (Å²) in [6, 6.07) is 2.46. The normalized spacial score (nSPS) is 18.9. The molecule has 0 bridgehead atoms. The zero-order chi connectivity index (χ0) is 17.6. The first-order chi connectivity index (χ1) is 11.3. The molecule has 0 aromatic carbocycles. The summed E-state index contributed by atoms with van der Waals surface area (Å²) in [5.41, 5.74) is 0.585. The predicted molar refractivity (Wildman–Crippen MR) is 79.6 cm³/mol. The number of aromatic nitrogens is 1. The standard InChI is InChI=1S/C15H20F3N3O3/c1-10(12-3-2-6-23-12)21-14(22)20-8-11-4-5-19-13(7-11)24-9-15(16,17)18/h4-5,7,10,12H,2-3,6,8-9H2,1H3,(H2,20,21,22)/t10-,12+/m0/s1. The minimum Gasteiger partial charge on any atom is -0.468 e. The minimum atomic E-state index is -4.42. The Morgan fingerprint density at radius 2 is 2.33 bits per heavy atom. The Balaban J connectivity index is 1.77. The first kappa shape index (κ1) is 18.3. The largest absolute Gasteiger partial charge is 0.468 e. The number of carbonyl (C=O) groups is 1. The van der Waals surface area contributed by atoms with Gasteiger partial charge in [0.1, 0.15) is 0 Å². The average molecular weight is 347 g/mol. The van der Waals surface area contributed by atoms with Crippen LogP contribution in [0.4, 0.5) is 18.0 Å².